The van der Waals surface area contributed by atoms with Crippen LogP contribution in [0.25, 0.3) is 0 Å². The zero-order chi connectivity index (χ0) is 12.4. The molecule has 4 heteroatoms. The van der Waals surface area contributed by atoms with Gasteiger partial charge in [0.2, 0.25) is 0 Å². The summed E-state index contributed by atoms with van der Waals surface area (Å²) in [5.74, 6) is 1.08. The summed E-state index contributed by atoms with van der Waals surface area (Å²) < 4.78 is 1.11. The monoisotopic (exact) mass is 297 g/mol. The lowest BCUT2D eigenvalue weighted by atomic mass is 10.2. The van der Waals surface area contributed by atoms with Gasteiger partial charge in [0, 0.05) is 25.3 Å². The van der Waals surface area contributed by atoms with E-state index >= 15 is 0 Å². The quantitative estimate of drug-likeness (QED) is 0.794. The maximum atomic E-state index is 4.58. The number of likely N-dealkylation sites (N-methyl/N-ethyl adjacent to an activating group) is 1. The maximum Gasteiger partial charge on any atom is 0.143 e. The molecule has 2 heterocycles. The van der Waals surface area contributed by atoms with Crippen LogP contribution in [0.3, 0.4) is 0 Å². The van der Waals surface area contributed by atoms with Crippen molar-refractivity contribution in [2.24, 2.45) is 0 Å². The fraction of sp³-hybridized carbons (Fsp3) is 0.615. The molecule has 1 saturated heterocycles. The van der Waals surface area contributed by atoms with Crippen molar-refractivity contribution in [1.82, 2.24) is 9.88 Å². The highest BCUT2D eigenvalue weighted by Crippen LogP contribution is 2.27. The van der Waals surface area contributed by atoms with Crippen LogP contribution in [0, 0.1) is 6.92 Å². The van der Waals surface area contributed by atoms with Crippen molar-refractivity contribution in [3.8, 4) is 0 Å². The fourth-order valence-corrected chi connectivity index (χ4v) is 3.12. The van der Waals surface area contributed by atoms with Crippen molar-refractivity contribution in [3.63, 3.8) is 0 Å². The molecule has 0 saturated carbocycles. The molecular formula is C13H20BrN3. The second-order valence-electron chi connectivity index (χ2n) is 4.98. The molecule has 1 aromatic rings. The third-order valence-electron chi connectivity index (χ3n) is 3.28. The van der Waals surface area contributed by atoms with Crippen LogP contribution in [0.2, 0.25) is 0 Å². The minimum Gasteiger partial charge on any atom is -0.352 e. The predicted molar refractivity (Wildman–Crippen MR) is 75.6 cm³/mol. The van der Waals surface area contributed by atoms with E-state index in [1.807, 2.05) is 6.20 Å². The lowest BCUT2D eigenvalue weighted by Gasteiger charge is -2.29. The highest BCUT2D eigenvalue weighted by atomic mass is 79.9. The van der Waals surface area contributed by atoms with Crippen molar-refractivity contribution < 1.29 is 0 Å². The number of nitrogens with zero attached hydrogens (tertiary/aromatic N) is 3. The van der Waals surface area contributed by atoms with Crippen LogP contribution in [-0.2, 0) is 0 Å². The molecule has 0 spiro atoms. The average molecular weight is 298 g/mol. The molecule has 0 N–H and O–H groups in total. The molecule has 0 aromatic carbocycles. The normalized spacial score (nSPS) is 22.6. The van der Waals surface area contributed by atoms with E-state index in [2.05, 4.69) is 57.7 Å². The van der Waals surface area contributed by atoms with Gasteiger partial charge in [0.1, 0.15) is 5.82 Å². The van der Waals surface area contributed by atoms with Crippen LogP contribution < -0.4 is 4.90 Å². The Morgan fingerprint density at radius 1 is 1.41 bits per heavy atom. The molecule has 0 aliphatic carbocycles. The molecule has 1 aliphatic heterocycles. The molecular weight excluding hydrogens is 278 g/mol. The van der Waals surface area contributed by atoms with Gasteiger partial charge in [0.25, 0.3) is 0 Å². The van der Waals surface area contributed by atoms with E-state index in [1.54, 1.807) is 0 Å². The lowest BCUT2D eigenvalue weighted by molar-refractivity contribution is 0.337. The van der Waals surface area contributed by atoms with Crippen molar-refractivity contribution in [2.75, 3.05) is 31.6 Å². The van der Waals surface area contributed by atoms with Crippen LogP contribution in [0.5, 0.6) is 0 Å². The molecule has 1 fully saturated rings. The topological polar surface area (TPSA) is 19.4 Å². The number of halogens is 1. The smallest absolute Gasteiger partial charge is 0.143 e. The Labute approximate surface area is 112 Å². The zero-order valence-electron chi connectivity index (χ0n) is 10.8. The summed E-state index contributed by atoms with van der Waals surface area (Å²) in [6, 6.07) is 2.65. The summed E-state index contributed by atoms with van der Waals surface area (Å²) in [5, 5.41) is 0. The van der Waals surface area contributed by atoms with Gasteiger partial charge in [0.15, 0.2) is 0 Å². The Kier molecular flexibility index (Phi) is 4.05. The van der Waals surface area contributed by atoms with Gasteiger partial charge in [-0.3, -0.25) is 0 Å². The third kappa shape index (κ3) is 2.99. The van der Waals surface area contributed by atoms with Crippen LogP contribution in [0.1, 0.15) is 18.9 Å². The Morgan fingerprint density at radius 2 is 2.18 bits per heavy atom. The maximum absolute atomic E-state index is 4.58. The minimum absolute atomic E-state index is 0.508. The molecule has 1 aromatic heterocycles. The first-order chi connectivity index (χ1) is 8.08. The number of anilines is 1. The van der Waals surface area contributed by atoms with E-state index in [1.165, 1.54) is 18.5 Å². The average Bonchev–Trinajstić information content (AvgIpc) is 2.40. The number of hydrogen-bond donors (Lipinski definition) is 0. The van der Waals surface area contributed by atoms with Gasteiger partial charge in [-0.25, -0.2) is 4.98 Å². The Hall–Kier alpha value is -0.610. The standard InChI is InChI=1S/C13H20BrN3/c1-10-7-12(14)13(15-8-10)17-6-4-5-16(3)9-11(17)2/h7-8,11H,4-6,9H2,1-3H3. The zero-order valence-corrected chi connectivity index (χ0v) is 12.4. The Balaban J connectivity index is 2.25. The number of aromatic nitrogens is 1. The van der Waals surface area contributed by atoms with Gasteiger partial charge in [0.05, 0.1) is 4.47 Å². The van der Waals surface area contributed by atoms with E-state index in [4.69, 9.17) is 0 Å². The SMILES string of the molecule is Cc1cnc(N2CCCN(C)CC2C)c(Br)c1. The van der Waals surface area contributed by atoms with Crippen molar-refractivity contribution >= 4 is 21.7 Å². The second-order valence-corrected chi connectivity index (χ2v) is 5.83. The van der Waals surface area contributed by atoms with E-state index < -0.39 is 0 Å². The number of aryl methyl sites for hydroxylation is 1. The molecule has 1 atom stereocenters. The van der Waals surface area contributed by atoms with Crippen molar-refractivity contribution in [2.45, 2.75) is 26.3 Å². The predicted octanol–water partition coefficient (Wildman–Crippen LogP) is 2.68. The molecule has 3 nitrogen and oxygen atoms in total. The second kappa shape index (κ2) is 5.36. The van der Waals surface area contributed by atoms with E-state index in [9.17, 15) is 0 Å². The third-order valence-corrected chi connectivity index (χ3v) is 3.86. The lowest BCUT2D eigenvalue weighted by Crippen LogP contribution is -2.38. The summed E-state index contributed by atoms with van der Waals surface area (Å²) in [4.78, 5) is 9.38. The first kappa shape index (κ1) is 12.8. The van der Waals surface area contributed by atoms with Gasteiger partial charge in [-0.05, 0) is 61.4 Å². The summed E-state index contributed by atoms with van der Waals surface area (Å²) >= 11 is 3.63. The van der Waals surface area contributed by atoms with Crippen LogP contribution in [0.4, 0.5) is 5.82 Å². The Morgan fingerprint density at radius 3 is 2.88 bits per heavy atom. The summed E-state index contributed by atoms with van der Waals surface area (Å²) in [7, 11) is 2.19. The van der Waals surface area contributed by atoms with Gasteiger partial charge in [-0.2, -0.15) is 0 Å². The Bertz CT molecular complexity index is 394. The van der Waals surface area contributed by atoms with Crippen LogP contribution in [0.15, 0.2) is 16.7 Å². The largest absolute Gasteiger partial charge is 0.352 e. The first-order valence-electron chi connectivity index (χ1n) is 6.15. The van der Waals surface area contributed by atoms with Gasteiger partial charge >= 0.3 is 0 Å². The van der Waals surface area contributed by atoms with Gasteiger partial charge in [-0.15, -0.1) is 0 Å². The minimum atomic E-state index is 0.508. The van der Waals surface area contributed by atoms with E-state index in [-0.39, 0.29) is 0 Å². The molecule has 0 radical (unpaired) electrons. The summed E-state index contributed by atoms with van der Waals surface area (Å²) in [6.45, 7) is 7.70. The summed E-state index contributed by atoms with van der Waals surface area (Å²) in [6.07, 6.45) is 3.14. The first-order valence-corrected chi connectivity index (χ1v) is 6.94. The highest BCUT2D eigenvalue weighted by Gasteiger charge is 2.22. The highest BCUT2D eigenvalue weighted by molar-refractivity contribution is 9.10. The molecule has 1 unspecified atom stereocenters. The molecule has 94 valence electrons. The molecule has 0 amide bonds. The molecule has 0 bridgehead atoms. The van der Waals surface area contributed by atoms with Gasteiger partial charge < -0.3 is 9.80 Å². The van der Waals surface area contributed by atoms with Crippen LogP contribution >= 0.6 is 15.9 Å². The van der Waals surface area contributed by atoms with Crippen LogP contribution in [-0.4, -0.2) is 42.6 Å². The number of rotatable bonds is 1. The number of hydrogen-bond acceptors (Lipinski definition) is 3. The molecule has 1 aliphatic rings. The van der Waals surface area contributed by atoms with E-state index in [0.29, 0.717) is 6.04 Å². The summed E-state index contributed by atoms with van der Waals surface area (Å²) in [5.41, 5.74) is 1.19. The molecule has 17 heavy (non-hydrogen) atoms. The fourth-order valence-electron chi connectivity index (χ4n) is 2.42. The van der Waals surface area contributed by atoms with E-state index in [0.717, 1.165) is 23.4 Å². The number of pyridine rings is 1. The van der Waals surface area contributed by atoms with Crippen molar-refractivity contribution in [1.29, 1.82) is 0 Å². The van der Waals surface area contributed by atoms with Gasteiger partial charge in [-0.1, -0.05) is 0 Å². The van der Waals surface area contributed by atoms with Crippen molar-refractivity contribution in [3.05, 3.63) is 22.3 Å². The molecule has 2 rings (SSSR count).